The zero-order chi connectivity index (χ0) is 14.7. The molecule has 116 valence electrons. The Balaban J connectivity index is 1.69. The average Bonchev–Trinajstić information content (AvgIpc) is 2.53. The summed E-state index contributed by atoms with van der Waals surface area (Å²) in [6.07, 6.45) is 5.08. The van der Waals surface area contributed by atoms with Gasteiger partial charge in [-0.2, -0.15) is 0 Å². The van der Waals surface area contributed by atoms with Crippen molar-refractivity contribution in [3.63, 3.8) is 0 Å². The first-order chi connectivity index (χ1) is 10.1. The lowest BCUT2D eigenvalue weighted by atomic mass is 10.0. The molecule has 0 aliphatic carbocycles. The van der Waals surface area contributed by atoms with Crippen LogP contribution in [0.5, 0.6) is 0 Å². The van der Waals surface area contributed by atoms with E-state index in [1.165, 1.54) is 0 Å². The summed E-state index contributed by atoms with van der Waals surface area (Å²) in [5.41, 5.74) is 2.13. The number of sulfonamides is 1. The van der Waals surface area contributed by atoms with Gasteiger partial charge in [0.1, 0.15) is 0 Å². The number of ether oxygens (including phenoxy) is 1. The number of aryl methyl sites for hydroxylation is 1. The van der Waals surface area contributed by atoms with Crippen molar-refractivity contribution in [2.24, 2.45) is 0 Å². The lowest BCUT2D eigenvalue weighted by Crippen LogP contribution is -2.35. The maximum absolute atomic E-state index is 12.4. The molecule has 1 aromatic carbocycles. The van der Waals surface area contributed by atoms with Gasteiger partial charge in [-0.05, 0) is 55.9 Å². The van der Waals surface area contributed by atoms with Crippen molar-refractivity contribution in [1.29, 1.82) is 0 Å². The molecular weight excluding hydrogens is 288 g/mol. The molecule has 1 atom stereocenters. The Morgan fingerprint density at radius 1 is 1.29 bits per heavy atom. The standard InChI is InChI=1S/C15H22N2O3S/c18-21(19,17-11-13-5-1-2-9-20-13)14-6-7-15-12(10-14)4-3-8-16-15/h6-7,10,13,16-17H,1-5,8-9,11H2. The lowest BCUT2D eigenvalue weighted by molar-refractivity contribution is 0.0200. The quantitative estimate of drug-likeness (QED) is 0.891. The summed E-state index contributed by atoms with van der Waals surface area (Å²) in [4.78, 5) is 0.348. The van der Waals surface area contributed by atoms with Crippen LogP contribution in [0.2, 0.25) is 0 Å². The largest absolute Gasteiger partial charge is 0.385 e. The van der Waals surface area contributed by atoms with Gasteiger partial charge >= 0.3 is 0 Å². The Morgan fingerprint density at radius 3 is 3.00 bits per heavy atom. The van der Waals surface area contributed by atoms with Crippen LogP contribution in [-0.4, -0.2) is 34.2 Å². The van der Waals surface area contributed by atoms with Gasteiger partial charge in [0.2, 0.25) is 10.0 Å². The molecule has 0 aromatic heterocycles. The molecule has 0 bridgehead atoms. The van der Waals surface area contributed by atoms with Gasteiger partial charge in [-0.15, -0.1) is 0 Å². The normalized spacial score (nSPS) is 22.4. The predicted octanol–water partition coefficient (Wildman–Crippen LogP) is 1.89. The first kappa shape index (κ1) is 14.8. The monoisotopic (exact) mass is 310 g/mol. The minimum atomic E-state index is -3.45. The van der Waals surface area contributed by atoms with Crippen LogP contribution in [0.1, 0.15) is 31.2 Å². The highest BCUT2D eigenvalue weighted by molar-refractivity contribution is 7.89. The number of benzene rings is 1. The molecule has 0 spiro atoms. The highest BCUT2D eigenvalue weighted by Crippen LogP contribution is 2.25. The zero-order valence-electron chi connectivity index (χ0n) is 12.1. The minimum Gasteiger partial charge on any atom is -0.385 e. The van der Waals surface area contributed by atoms with Crippen molar-refractivity contribution in [2.45, 2.75) is 43.1 Å². The smallest absolute Gasteiger partial charge is 0.240 e. The molecule has 2 heterocycles. The topological polar surface area (TPSA) is 67.4 Å². The molecule has 2 aliphatic rings. The van der Waals surface area contributed by atoms with Crippen LogP contribution < -0.4 is 10.0 Å². The Kier molecular flexibility index (Phi) is 4.47. The van der Waals surface area contributed by atoms with Crippen molar-refractivity contribution in [3.8, 4) is 0 Å². The van der Waals surface area contributed by atoms with Gasteiger partial charge in [-0.25, -0.2) is 13.1 Å². The van der Waals surface area contributed by atoms with Crippen LogP contribution in [0.25, 0.3) is 0 Å². The SMILES string of the molecule is O=S(=O)(NCC1CCCCO1)c1ccc2c(c1)CCCN2. The Hall–Kier alpha value is -1.11. The molecule has 2 N–H and O–H groups in total. The molecule has 1 saturated heterocycles. The summed E-state index contributed by atoms with van der Waals surface area (Å²) < 4.78 is 33.0. The van der Waals surface area contributed by atoms with Crippen LogP contribution in [0.4, 0.5) is 5.69 Å². The van der Waals surface area contributed by atoms with E-state index in [0.29, 0.717) is 11.4 Å². The van der Waals surface area contributed by atoms with Gasteiger partial charge in [-0.1, -0.05) is 0 Å². The Morgan fingerprint density at radius 2 is 2.19 bits per heavy atom. The van der Waals surface area contributed by atoms with Crippen LogP contribution in [0, 0.1) is 0 Å². The highest BCUT2D eigenvalue weighted by Gasteiger charge is 2.20. The number of anilines is 1. The van der Waals surface area contributed by atoms with Crippen LogP contribution >= 0.6 is 0 Å². The number of hydrogen-bond acceptors (Lipinski definition) is 4. The summed E-state index contributed by atoms with van der Waals surface area (Å²) >= 11 is 0. The van der Waals surface area contributed by atoms with Gasteiger partial charge in [0.25, 0.3) is 0 Å². The number of nitrogens with one attached hydrogen (secondary N) is 2. The van der Waals surface area contributed by atoms with E-state index in [4.69, 9.17) is 4.74 Å². The van der Waals surface area contributed by atoms with E-state index in [9.17, 15) is 8.42 Å². The molecule has 5 nitrogen and oxygen atoms in total. The molecular formula is C15H22N2O3S. The van der Waals surface area contributed by atoms with Gasteiger partial charge in [0.05, 0.1) is 11.0 Å². The number of rotatable bonds is 4. The molecule has 0 saturated carbocycles. The van der Waals surface area contributed by atoms with Gasteiger partial charge in [0, 0.05) is 25.4 Å². The van der Waals surface area contributed by atoms with E-state index in [-0.39, 0.29) is 6.10 Å². The van der Waals surface area contributed by atoms with Crippen LogP contribution in [0.15, 0.2) is 23.1 Å². The van der Waals surface area contributed by atoms with E-state index >= 15 is 0 Å². The average molecular weight is 310 g/mol. The molecule has 21 heavy (non-hydrogen) atoms. The Labute approximate surface area is 126 Å². The Bertz CT molecular complexity index is 595. The first-order valence-electron chi connectivity index (χ1n) is 7.63. The molecule has 1 fully saturated rings. The summed E-state index contributed by atoms with van der Waals surface area (Å²) in [6, 6.07) is 5.31. The second-order valence-corrected chi connectivity index (χ2v) is 7.46. The van der Waals surface area contributed by atoms with Gasteiger partial charge < -0.3 is 10.1 Å². The van der Waals surface area contributed by atoms with Crippen molar-refractivity contribution in [2.75, 3.05) is 25.0 Å². The minimum absolute atomic E-state index is 0.00724. The zero-order valence-corrected chi connectivity index (χ0v) is 12.9. The third kappa shape index (κ3) is 3.56. The number of fused-ring (bicyclic) bond motifs is 1. The van der Waals surface area contributed by atoms with Crippen molar-refractivity contribution in [1.82, 2.24) is 4.72 Å². The maximum atomic E-state index is 12.4. The predicted molar refractivity (Wildman–Crippen MR) is 82.0 cm³/mol. The molecule has 0 radical (unpaired) electrons. The summed E-state index contributed by atoms with van der Waals surface area (Å²) in [5.74, 6) is 0. The molecule has 3 rings (SSSR count). The second-order valence-electron chi connectivity index (χ2n) is 5.69. The van der Waals surface area contributed by atoms with Gasteiger partial charge in [-0.3, -0.25) is 0 Å². The van der Waals surface area contributed by atoms with Crippen LogP contribution in [-0.2, 0) is 21.2 Å². The summed E-state index contributed by atoms with van der Waals surface area (Å²) in [5, 5.41) is 3.29. The van der Waals surface area contributed by atoms with E-state index in [1.807, 2.05) is 6.07 Å². The fourth-order valence-electron chi connectivity index (χ4n) is 2.87. The maximum Gasteiger partial charge on any atom is 0.240 e. The molecule has 2 aliphatic heterocycles. The van der Waals surface area contributed by atoms with Crippen LogP contribution in [0.3, 0.4) is 0 Å². The summed E-state index contributed by atoms with van der Waals surface area (Å²) in [7, 11) is -3.45. The van der Waals surface area contributed by atoms with E-state index in [2.05, 4.69) is 10.0 Å². The highest BCUT2D eigenvalue weighted by atomic mass is 32.2. The number of hydrogen-bond donors (Lipinski definition) is 2. The molecule has 1 aromatic rings. The van der Waals surface area contributed by atoms with Crippen molar-refractivity contribution < 1.29 is 13.2 Å². The first-order valence-corrected chi connectivity index (χ1v) is 9.11. The van der Waals surface area contributed by atoms with Crippen molar-refractivity contribution in [3.05, 3.63) is 23.8 Å². The van der Waals surface area contributed by atoms with E-state index in [1.54, 1.807) is 12.1 Å². The molecule has 0 amide bonds. The fraction of sp³-hybridized carbons (Fsp3) is 0.600. The fourth-order valence-corrected chi connectivity index (χ4v) is 3.99. The summed E-state index contributed by atoms with van der Waals surface area (Å²) in [6.45, 7) is 2.05. The van der Waals surface area contributed by atoms with E-state index < -0.39 is 10.0 Å². The third-order valence-electron chi connectivity index (χ3n) is 4.10. The molecule has 1 unspecified atom stereocenters. The van der Waals surface area contributed by atoms with E-state index in [0.717, 1.165) is 56.5 Å². The second kappa shape index (κ2) is 6.34. The lowest BCUT2D eigenvalue weighted by Gasteiger charge is -2.23. The molecule has 6 heteroatoms. The van der Waals surface area contributed by atoms with Crippen molar-refractivity contribution >= 4 is 15.7 Å². The van der Waals surface area contributed by atoms with Gasteiger partial charge in [0.15, 0.2) is 0 Å². The third-order valence-corrected chi connectivity index (χ3v) is 5.52.